The van der Waals surface area contributed by atoms with Gasteiger partial charge < -0.3 is 5.11 Å². The average molecular weight is 225 g/mol. The first-order chi connectivity index (χ1) is 6.41. The fourth-order valence-electron chi connectivity index (χ4n) is 0.988. The molecule has 1 nitrogen and oxygen atoms in total. The summed E-state index contributed by atoms with van der Waals surface area (Å²) in [5, 5.41) is 5.18. The molecule has 0 aliphatic carbocycles. The normalized spacial score (nSPS) is 14.1. The molecule has 0 bridgehead atoms. The zero-order chi connectivity index (χ0) is 10.8. The Morgan fingerprint density at radius 2 is 1.93 bits per heavy atom. The number of aliphatic hydroxyl groups is 1. The Morgan fingerprint density at radius 1 is 1.36 bits per heavy atom. The van der Waals surface area contributed by atoms with Gasteiger partial charge in [-0.15, -0.1) is 0 Å². The smallest absolute Gasteiger partial charge is 0.347 e. The van der Waals surface area contributed by atoms with E-state index in [1.165, 1.54) is 18.2 Å². The molecule has 0 saturated carbocycles. The molecule has 0 aliphatic heterocycles. The van der Waals surface area contributed by atoms with Gasteiger partial charge in [0.1, 0.15) is 11.9 Å². The predicted molar refractivity (Wildman–Crippen MR) is 46.9 cm³/mol. The summed E-state index contributed by atoms with van der Waals surface area (Å²) in [6, 6.07) is 5.39. The van der Waals surface area contributed by atoms with E-state index in [4.69, 9.17) is 5.11 Å². The van der Waals surface area contributed by atoms with Crippen molar-refractivity contribution in [1.29, 1.82) is 0 Å². The molecular formula is C9H8ClF3O. The Hall–Kier alpha value is -0.740. The van der Waals surface area contributed by atoms with Crippen LogP contribution in [0, 0.1) is 5.82 Å². The monoisotopic (exact) mass is 224 g/mol. The minimum absolute atomic E-state index is 0.0142. The highest BCUT2D eigenvalue weighted by molar-refractivity contribution is 6.22. The van der Waals surface area contributed by atoms with Crippen LogP contribution in [0.1, 0.15) is 5.56 Å². The number of aliphatic hydroxyl groups excluding tert-OH is 1. The third kappa shape index (κ3) is 2.89. The van der Waals surface area contributed by atoms with Gasteiger partial charge in [0.25, 0.3) is 0 Å². The molecule has 1 aromatic carbocycles. The van der Waals surface area contributed by atoms with Gasteiger partial charge in [0.05, 0.1) is 0 Å². The summed E-state index contributed by atoms with van der Waals surface area (Å²) >= 11 is 4.58. The van der Waals surface area contributed by atoms with Crippen LogP contribution >= 0.6 is 11.6 Å². The number of hydrogen-bond donors (Lipinski definition) is 1. The quantitative estimate of drug-likeness (QED) is 0.783. The fourth-order valence-corrected chi connectivity index (χ4v) is 1.07. The molecule has 0 saturated heterocycles. The van der Waals surface area contributed by atoms with Crippen molar-refractivity contribution in [3.05, 3.63) is 35.6 Å². The van der Waals surface area contributed by atoms with Crippen molar-refractivity contribution < 1.29 is 18.3 Å². The van der Waals surface area contributed by atoms with Crippen LogP contribution in [0.25, 0.3) is 0 Å². The van der Waals surface area contributed by atoms with Gasteiger partial charge in [0.2, 0.25) is 0 Å². The highest BCUT2D eigenvalue weighted by Crippen LogP contribution is 2.26. The fraction of sp³-hybridized carbons (Fsp3) is 0.333. The van der Waals surface area contributed by atoms with Gasteiger partial charge in [-0.25, -0.2) is 4.39 Å². The third-order valence-electron chi connectivity index (χ3n) is 1.75. The van der Waals surface area contributed by atoms with Crippen LogP contribution < -0.4 is 0 Å². The number of benzene rings is 1. The van der Waals surface area contributed by atoms with Crippen molar-refractivity contribution in [2.45, 2.75) is 17.9 Å². The van der Waals surface area contributed by atoms with Crippen molar-refractivity contribution >= 4 is 11.6 Å². The number of hydrogen-bond acceptors (Lipinski definition) is 1. The summed E-state index contributed by atoms with van der Waals surface area (Å²) in [6.45, 7) is 0. The second-order valence-corrected chi connectivity index (χ2v) is 3.36. The maximum Gasteiger partial charge on any atom is 0.347 e. The molecule has 1 rings (SSSR count). The highest BCUT2D eigenvalue weighted by atomic mass is 35.5. The summed E-state index contributed by atoms with van der Waals surface area (Å²) in [6.07, 6.45) is -2.59. The van der Waals surface area contributed by atoms with Crippen LogP contribution in [0.5, 0.6) is 0 Å². The van der Waals surface area contributed by atoms with E-state index < -0.39 is 23.7 Å². The van der Waals surface area contributed by atoms with E-state index in [9.17, 15) is 13.2 Å². The molecule has 1 atom stereocenters. The van der Waals surface area contributed by atoms with Crippen molar-refractivity contribution in [2.24, 2.45) is 0 Å². The second kappa shape index (κ2) is 4.19. The van der Waals surface area contributed by atoms with E-state index >= 15 is 0 Å². The van der Waals surface area contributed by atoms with Crippen LogP contribution in [-0.2, 0) is 6.42 Å². The Balaban J connectivity index is 2.75. The van der Waals surface area contributed by atoms with E-state index in [1.54, 1.807) is 0 Å². The lowest BCUT2D eigenvalue weighted by Gasteiger charge is -2.15. The molecule has 5 heteroatoms. The molecule has 0 spiro atoms. The molecule has 0 aliphatic rings. The van der Waals surface area contributed by atoms with Crippen LogP contribution in [0.3, 0.4) is 0 Å². The van der Waals surface area contributed by atoms with Crippen molar-refractivity contribution in [1.82, 2.24) is 0 Å². The Labute approximate surface area is 84.1 Å². The van der Waals surface area contributed by atoms with Crippen molar-refractivity contribution in [2.75, 3.05) is 0 Å². The molecule has 1 N–H and O–H groups in total. The minimum Gasteiger partial charge on any atom is -0.385 e. The van der Waals surface area contributed by atoms with E-state index in [-0.39, 0.29) is 5.56 Å². The van der Waals surface area contributed by atoms with Crippen LogP contribution in [0.4, 0.5) is 13.2 Å². The van der Waals surface area contributed by atoms with Gasteiger partial charge in [0, 0.05) is 6.42 Å². The summed E-state index contributed by atoms with van der Waals surface area (Å²) < 4.78 is 37.6. The summed E-state index contributed by atoms with van der Waals surface area (Å²) in [4.78, 5) is 0. The molecule has 78 valence electrons. The molecule has 0 radical (unpaired) electrons. The lowest BCUT2D eigenvalue weighted by molar-refractivity contribution is -0.0400. The number of alkyl halides is 3. The molecule has 14 heavy (non-hydrogen) atoms. The predicted octanol–water partition coefficient (Wildman–Crippen LogP) is 2.56. The number of rotatable bonds is 3. The summed E-state index contributed by atoms with van der Waals surface area (Å²) in [7, 11) is 0. The number of halogens is 4. The first-order valence-corrected chi connectivity index (χ1v) is 4.27. The zero-order valence-electron chi connectivity index (χ0n) is 7.05. The van der Waals surface area contributed by atoms with E-state index in [0.717, 1.165) is 6.07 Å². The molecule has 0 amide bonds. The van der Waals surface area contributed by atoms with Gasteiger partial charge in [-0.05, 0) is 23.2 Å². The standard InChI is InChI=1S/C9H8ClF3O/c10-9(12,13)8(14)5-6-3-1-2-4-7(6)11/h1-4,8,14H,5H2. The van der Waals surface area contributed by atoms with Gasteiger partial charge in [-0.2, -0.15) is 8.78 Å². The second-order valence-electron chi connectivity index (χ2n) is 2.85. The molecule has 0 heterocycles. The largest absolute Gasteiger partial charge is 0.385 e. The van der Waals surface area contributed by atoms with Gasteiger partial charge in [-0.3, -0.25) is 0 Å². The molecule has 1 aromatic rings. The molecule has 0 fully saturated rings. The third-order valence-corrected chi connectivity index (χ3v) is 2.00. The van der Waals surface area contributed by atoms with E-state index in [1.807, 2.05) is 0 Å². The summed E-state index contributed by atoms with van der Waals surface area (Å²) in [5.41, 5.74) is 0.0142. The van der Waals surface area contributed by atoms with Crippen LogP contribution in [-0.4, -0.2) is 16.6 Å². The molecule has 1 unspecified atom stereocenters. The first-order valence-electron chi connectivity index (χ1n) is 3.89. The first kappa shape index (κ1) is 11.3. The Morgan fingerprint density at radius 3 is 2.43 bits per heavy atom. The topological polar surface area (TPSA) is 20.2 Å². The molecular weight excluding hydrogens is 217 g/mol. The minimum atomic E-state index is -3.73. The van der Waals surface area contributed by atoms with E-state index in [2.05, 4.69) is 11.6 Å². The van der Waals surface area contributed by atoms with Gasteiger partial charge >= 0.3 is 5.38 Å². The van der Waals surface area contributed by atoms with Gasteiger partial charge in [0.15, 0.2) is 0 Å². The summed E-state index contributed by atoms with van der Waals surface area (Å²) in [5.74, 6) is -0.632. The van der Waals surface area contributed by atoms with E-state index in [0.29, 0.717) is 0 Å². The van der Waals surface area contributed by atoms with Crippen molar-refractivity contribution in [3.8, 4) is 0 Å². The Bertz CT molecular complexity index is 311. The van der Waals surface area contributed by atoms with Crippen LogP contribution in [0.2, 0.25) is 0 Å². The Kier molecular flexibility index (Phi) is 3.39. The maximum absolute atomic E-state index is 12.9. The zero-order valence-corrected chi connectivity index (χ0v) is 7.81. The van der Waals surface area contributed by atoms with Crippen LogP contribution in [0.15, 0.2) is 24.3 Å². The lowest BCUT2D eigenvalue weighted by Crippen LogP contribution is -2.29. The average Bonchev–Trinajstić information content (AvgIpc) is 2.07. The SMILES string of the molecule is OC(Cc1ccccc1F)C(F)(F)Cl. The molecule has 0 aromatic heterocycles. The highest BCUT2D eigenvalue weighted by Gasteiger charge is 2.35. The maximum atomic E-state index is 12.9. The van der Waals surface area contributed by atoms with Crippen molar-refractivity contribution in [3.63, 3.8) is 0 Å². The van der Waals surface area contributed by atoms with Gasteiger partial charge in [-0.1, -0.05) is 18.2 Å². The lowest BCUT2D eigenvalue weighted by atomic mass is 10.1.